The molecule has 0 atom stereocenters. The number of hydrogen-bond donors (Lipinski definition) is 1. The van der Waals surface area contributed by atoms with Gasteiger partial charge in [0.25, 0.3) is 0 Å². The van der Waals surface area contributed by atoms with E-state index in [1.165, 1.54) is 5.56 Å². The average molecular weight is 401 g/mol. The Bertz CT molecular complexity index is 598. The van der Waals surface area contributed by atoms with Crippen molar-refractivity contribution in [3.8, 4) is 0 Å². The summed E-state index contributed by atoms with van der Waals surface area (Å²) >= 11 is 9.57. The standard InChI is InChI=1S/C15H15N3S2.ClH.Cu/c1-12(14-9-5-6-10-16-14)17-18-15(19)20-11-13-7-3-2-4-8-13;;/h2-10,16H,11H2,1H3;1H;/q;;+1/b14-12-,18-17?;;. The van der Waals surface area contributed by atoms with Gasteiger partial charge in [0.1, 0.15) is 0 Å². The van der Waals surface area contributed by atoms with Gasteiger partial charge in [-0.3, -0.25) is 0 Å². The Morgan fingerprint density at radius 2 is 1.95 bits per heavy atom. The summed E-state index contributed by atoms with van der Waals surface area (Å²) in [6.07, 6.45) is 7.72. The van der Waals surface area contributed by atoms with Crippen LogP contribution in [-0.4, -0.2) is 4.32 Å². The second-order valence-electron chi connectivity index (χ2n) is 4.12. The molecule has 0 aromatic heterocycles. The van der Waals surface area contributed by atoms with Gasteiger partial charge in [-0.2, -0.15) is 0 Å². The number of rotatable bonds is 3. The van der Waals surface area contributed by atoms with E-state index in [0.717, 1.165) is 17.1 Å². The Labute approximate surface area is 153 Å². The van der Waals surface area contributed by atoms with E-state index in [-0.39, 0.29) is 0 Å². The van der Waals surface area contributed by atoms with Crippen LogP contribution in [0, 0.1) is 0 Å². The molecule has 0 aliphatic carbocycles. The fourth-order valence-electron chi connectivity index (χ4n) is 1.54. The van der Waals surface area contributed by atoms with Gasteiger partial charge in [-0.25, -0.2) is 0 Å². The molecule has 1 N–H and O–H groups in total. The van der Waals surface area contributed by atoms with Crippen LogP contribution < -0.4 is 5.32 Å². The molecule has 1 aliphatic heterocycles. The topological polar surface area (TPSA) is 36.8 Å². The number of nitrogens with zero attached hydrogens (tertiary/aromatic N) is 2. The average Bonchev–Trinajstić information content (AvgIpc) is 2.61. The van der Waals surface area contributed by atoms with Gasteiger partial charge in [-0.05, 0) is 36.4 Å². The third kappa shape index (κ3) is 7.38. The number of azo groups is 1. The molecule has 0 saturated heterocycles. The summed E-state index contributed by atoms with van der Waals surface area (Å²) in [4.78, 5) is 0. The maximum absolute atomic E-state index is 4.34. The second kappa shape index (κ2) is 11.6. The van der Waals surface area contributed by atoms with E-state index in [9.17, 15) is 0 Å². The van der Waals surface area contributed by atoms with Crippen LogP contribution in [0.15, 0.2) is 76.4 Å². The molecule has 3 nitrogen and oxygen atoms in total. The van der Waals surface area contributed by atoms with E-state index in [1.54, 1.807) is 11.8 Å². The number of thioether (sulfide) groups is 1. The van der Waals surface area contributed by atoms with Crippen LogP contribution in [0.2, 0.25) is 0 Å². The zero-order valence-corrected chi connectivity index (χ0v) is 15.2. The van der Waals surface area contributed by atoms with Crippen LogP contribution in [0.3, 0.4) is 0 Å². The van der Waals surface area contributed by atoms with Crippen LogP contribution in [0.1, 0.15) is 12.5 Å². The predicted octanol–water partition coefficient (Wildman–Crippen LogP) is 4.33. The molecule has 1 aliphatic rings. The Hall–Kier alpha value is -0.911. The molecule has 0 bridgehead atoms. The quantitative estimate of drug-likeness (QED) is 0.269. The number of thiol groups is 1. The van der Waals surface area contributed by atoms with Gasteiger partial charge in [-0.1, -0.05) is 41.5 Å². The van der Waals surface area contributed by atoms with Gasteiger partial charge in [0, 0.05) is 12.0 Å². The first-order valence-electron chi connectivity index (χ1n) is 6.32. The molecule has 1 aromatic carbocycles. The summed E-state index contributed by atoms with van der Waals surface area (Å²) < 4.78 is 0.657. The third-order valence-corrected chi connectivity index (χ3v) is 3.89. The number of benzene rings is 1. The monoisotopic (exact) mass is 400 g/mol. The molecule has 1 aromatic rings. The molecule has 0 fully saturated rings. The Morgan fingerprint density at radius 3 is 2.59 bits per heavy atom. The van der Waals surface area contributed by atoms with E-state index >= 15 is 0 Å². The number of dihydropyridines is 1. The van der Waals surface area contributed by atoms with Crippen molar-refractivity contribution in [3.63, 3.8) is 0 Å². The first-order chi connectivity index (χ1) is 10.8. The van der Waals surface area contributed by atoms with Crippen LogP contribution in [-0.2, 0) is 33.1 Å². The van der Waals surface area contributed by atoms with Crippen molar-refractivity contribution in [3.05, 3.63) is 71.7 Å². The molecular formula is C15H16ClCuN3S2+. The summed E-state index contributed by atoms with van der Waals surface area (Å²) in [6, 6.07) is 10.2. The summed E-state index contributed by atoms with van der Waals surface area (Å²) in [5.41, 5.74) is 3.03. The van der Waals surface area contributed by atoms with Gasteiger partial charge in [0.05, 0.1) is 11.4 Å². The fraction of sp³-hybridized carbons (Fsp3) is 0.133. The second-order valence-corrected chi connectivity index (χ2v) is 5.81. The van der Waals surface area contributed by atoms with Crippen molar-refractivity contribution < 1.29 is 15.1 Å². The minimum atomic E-state index is 0.657. The minimum absolute atomic E-state index is 0.657. The third-order valence-electron chi connectivity index (χ3n) is 2.60. The van der Waals surface area contributed by atoms with E-state index in [0.29, 0.717) is 4.32 Å². The van der Waals surface area contributed by atoms with E-state index in [4.69, 9.17) is 0 Å². The van der Waals surface area contributed by atoms with Crippen molar-refractivity contribution in [2.24, 2.45) is 10.2 Å². The van der Waals surface area contributed by atoms with Crippen LogP contribution >= 0.6 is 21.9 Å². The Morgan fingerprint density at radius 1 is 1.23 bits per heavy atom. The van der Waals surface area contributed by atoms with Crippen LogP contribution in [0.5, 0.6) is 0 Å². The van der Waals surface area contributed by atoms with E-state index < -0.39 is 0 Å². The number of halogens is 1. The summed E-state index contributed by atoms with van der Waals surface area (Å²) in [7, 11) is 4.20. The summed E-state index contributed by atoms with van der Waals surface area (Å²) in [6.45, 7) is 1.91. The maximum atomic E-state index is 4.34. The van der Waals surface area contributed by atoms with Gasteiger partial charge < -0.3 is 5.32 Å². The van der Waals surface area contributed by atoms with Gasteiger partial charge in [0.2, 0.25) is 0 Å². The molecule has 120 valence electrons. The first kappa shape index (κ1) is 19.1. The predicted molar refractivity (Wildman–Crippen MR) is 96.3 cm³/mol. The molecule has 1 heterocycles. The molecule has 0 radical (unpaired) electrons. The zero-order chi connectivity index (χ0) is 16.2. The molecule has 0 unspecified atom stereocenters. The zero-order valence-electron chi connectivity index (χ0n) is 11.8. The molecule has 2 rings (SSSR count). The fourth-order valence-corrected chi connectivity index (χ4v) is 2.37. The summed E-state index contributed by atoms with van der Waals surface area (Å²) in [5, 5.41) is 11.4. The Balaban J connectivity index is 0.00000116. The van der Waals surface area contributed by atoms with Gasteiger partial charge >= 0.3 is 29.5 Å². The SMILES string of the molecule is C/C(N=NC(=[SH+])SCc1ccccc1)=C1\C=CC=CN1.[Cl][Cu]. The first-order valence-corrected chi connectivity index (χ1v) is 9.05. The molecular weight excluding hydrogens is 385 g/mol. The van der Waals surface area contributed by atoms with Crippen molar-refractivity contribution in [1.82, 2.24) is 5.32 Å². The van der Waals surface area contributed by atoms with Crippen molar-refractivity contribution >= 4 is 38.4 Å². The molecule has 0 amide bonds. The van der Waals surface area contributed by atoms with Crippen molar-refractivity contribution in [2.45, 2.75) is 12.7 Å². The summed E-state index contributed by atoms with van der Waals surface area (Å²) in [5.74, 6) is 0.842. The van der Waals surface area contributed by atoms with Gasteiger partial charge in [-0.15, -0.1) is 5.11 Å². The van der Waals surface area contributed by atoms with Crippen molar-refractivity contribution in [1.29, 1.82) is 0 Å². The molecule has 0 spiro atoms. The van der Waals surface area contributed by atoms with Crippen LogP contribution in [0.25, 0.3) is 0 Å². The number of hydrogen-bond acceptors (Lipinski definition) is 3. The van der Waals surface area contributed by atoms with E-state index in [2.05, 4.69) is 65.1 Å². The molecule has 7 heteroatoms. The number of allylic oxidation sites excluding steroid dienone is 4. The van der Waals surface area contributed by atoms with Crippen LogP contribution in [0.4, 0.5) is 0 Å². The van der Waals surface area contributed by atoms with Gasteiger partial charge in [0.15, 0.2) is 12.2 Å². The molecule has 0 saturated carbocycles. The van der Waals surface area contributed by atoms with E-state index in [1.807, 2.05) is 49.6 Å². The molecule has 22 heavy (non-hydrogen) atoms. The normalized spacial score (nSPS) is 15.1. The van der Waals surface area contributed by atoms with Crippen molar-refractivity contribution in [2.75, 3.05) is 0 Å². The number of nitrogens with one attached hydrogen (secondary N) is 1. The Kier molecular flexibility index (Phi) is 10.1.